The number of thioether (sulfide) groups is 1. The Balaban J connectivity index is 1.58. The number of likely N-dealkylation sites (tertiary alicyclic amines) is 1. The summed E-state index contributed by atoms with van der Waals surface area (Å²) in [6.07, 6.45) is 4.51. The Morgan fingerprint density at radius 2 is 2.39 bits per heavy atom. The molecule has 0 N–H and O–H groups in total. The second-order valence-electron chi connectivity index (χ2n) is 5.63. The fourth-order valence-electron chi connectivity index (χ4n) is 2.91. The summed E-state index contributed by atoms with van der Waals surface area (Å²) in [4.78, 5) is 15.8. The van der Waals surface area contributed by atoms with Gasteiger partial charge in [0.15, 0.2) is 0 Å². The van der Waals surface area contributed by atoms with E-state index in [0.717, 1.165) is 25.8 Å². The second-order valence-corrected chi connectivity index (χ2v) is 7.61. The summed E-state index contributed by atoms with van der Waals surface area (Å²) in [5, 5.41) is 14.6. The number of carbonyl (C=O) groups is 1. The van der Waals surface area contributed by atoms with E-state index in [0.29, 0.717) is 23.5 Å². The van der Waals surface area contributed by atoms with E-state index in [1.165, 1.54) is 23.1 Å². The lowest BCUT2D eigenvalue weighted by molar-refractivity contribution is -0.132. The Bertz CT molecular complexity index is 628. The zero-order chi connectivity index (χ0) is 16.1. The van der Waals surface area contributed by atoms with Crippen molar-refractivity contribution in [3.8, 4) is 0 Å². The van der Waals surface area contributed by atoms with Crippen molar-refractivity contribution >= 4 is 29.0 Å². The van der Waals surface area contributed by atoms with Gasteiger partial charge in [0, 0.05) is 17.5 Å². The normalized spacial score (nSPS) is 18.3. The highest BCUT2D eigenvalue weighted by atomic mass is 32.2. The van der Waals surface area contributed by atoms with E-state index in [-0.39, 0.29) is 5.91 Å². The standard InChI is InChI=1S/C15H21N5OS2/c1-2-12-6-3-4-8-19(12)14(21)11-23-15-16-17-18-20(15)10-13-7-5-9-22-13/h5,7,9,12H,2-4,6,8,10-11H2,1H3. The second kappa shape index (κ2) is 7.92. The van der Waals surface area contributed by atoms with Crippen molar-refractivity contribution in [3.63, 3.8) is 0 Å². The van der Waals surface area contributed by atoms with Crippen LogP contribution >= 0.6 is 23.1 Å². The largest absolute Gasteiger partial charge is 0.339 e. The minimum Gasteiger partial charge on any atom is -0.339 e. The number of piperidine rings is 1. The average molecular weight is 352 g/mol. The number of tetrazole rings is 1. The van der Waals surface area contributed by atoms with Crippen LogP contribution in [0.5, 0.6) is 0 Å². The molecule has 0 saturated carbocycles. The van der Waals surface area contributed by atoms with Crippen LogP contribution in [0.15, 0.2) is 22.7 Å². The van der Waals surface area contributed by atoms with Crippen molar-refractivity contribution in [2.24, 2.45) is 0 Å². The molecule has 1 unspecified atom stereocenters. The summed E-state index contributed by atoms with van der Waals surface area (Å²) in [7, 11) is 0. The Morgan fingerprint density at radius 1 is 1.48 bits per heavy atom. The first-order valence-corrected chi connectivity index (χ1v) is 9.85. The van der Waals surface area contributed by atoms with Gasteiger partial charge in [-0.05, 0) is 47.6 Å². The lowest BCUT2D eigenvalue weighted by atomic mass is 10.0. The molecular formula is C15H21N5OS2. The van der Waals surface area contributed by atoms with Gasteiger partial charge in [0.2, 0.25) is 11.1 Å². The number of amides is 1. The van der Waals surface area contributed by atoms with Crippen molar-refractivity contribution in [1.82, 2.24) is 25.1 Å². The SMILES string of the molecule is CCC1CCCCN1C(=O)CSc1nnnn1Cc1cccs1. The quantitative estimate of drug-likeness (QED) is 0.749. The minimum absolute atomic E-state index is 0.201. The molecule has 23 heavy (non-hydrogen) atoms. The highest BCUT2D eigenvalue weighted by molar-refractivity contribution is 7.99. The van der Waals surface area contributed by atoms with Gasteiger partial charge in [0.1, 0.15) is 0 Å². The summed E-state index contributed by atoms with van der Waals surface area (Å²) < 4.78 is 1.76. The Labute approximate surface area is 144 Å². The van der Waals surface area contributed by atoms with E-state index in [9.17, 15) is 4.79 Å². The molecule has 124 valence electrons. The molecule has 1 amide bonds. The third-order valence-corrected chi connectivity index (χ3v) is 5.93. The van der Waals surface area contributed by atoms with Crippen LogP contribution in [0.2, 0.25) is 0 Å². The summed E-state index contributed by atoms with van der Waals surface area (Å²) in [5.74, 6) is 0.605. The van der Waals surface area contributed by atoms with Crippen molar-refractivity contribution in [2.75, 3.05) is 12.3 Å². The molecule has 8 heteroatoms. The number of aromatic nitrogens is 4. The number of carbonyl (C=O) groups excluding carboxylic acids is 1. The van der Waals surface area contributed by atoms with Crippen LogP contribution in [-0.2, 0) is 11.3 Å². The van der Waals surface area contributed by atoms with Gasteiger partial charge in [0.05, 0.1) is 12.3 Å². The molecule has 1 aliphatic heterocycles. The van der Waals surface area contributed by atoms with E-state index in [1.54, 1.807) is 16.0 Å². The third-order valence-electron chi connectivity index (χ3n) is 4.13. The Hall–Kier alpha value is -1.41. The van der Waals surface area contributed by atoms with Gasteiger partial charge in [-0.25, -0.2) is 4.68 Å². The molecular weight excluding hydrogens is 330 g/mol. The molecule has 3 rings (SSSR count). The monoisotopic (exact) mass is 351 g/mol. The molecule has 1 aliphatic rings. The fourth-order valence-corrected chi connectivity index (χ4v) is 4.36. The molecule has 0 spiro atoms. The number of rotatable bonds is 6. The number of thiophene rings is 1. The van der Waals surface area contributed by atoms with Crippen molar-refractivity contribution in [1.29, 1.82) is 0 Å². The average Bonchev–Trinajstić information content (AvgIpc) is 3.25. The molecule has 2 aromatic heterocycles. The molecule has 2 aromatic rings. The Kier molecular flexibility index (Phi) is 5.66. The first kappa shape index (κ1) is 16.4. The van der Waals surface area contributed by atoms with Crippen LogP contribution in [0.3, 0.4) is 0 Å². The van der Waals surface area contributed by atoms with Crippen molar-refractivity contribution in [3.05, 3.63) is 22.4 Å². The van der Waals surface area contributed by atoms with Gasteiger partial charge in [-0.2, -0.15) is 0 Å². The molecule has 0 bridgehead atoms. The predicted octanol–water partition coefficient (Wildman–Crippen LogP) is 2.67. The van der Waals surface area contributed by atoms with Crippen LogP contribution < -0.4 is 0 Å². The van der Waals surface area contributed by atoms with E-state index in [2.05, 4.69) is 28.5 Å². The summed E-state index contributed by atoms with van der Waals surface area (Å²) in [6, 6.07) is 4.48. The highest BCUT2D eigenvalue weighted by Crippen LogP contribution is 2.22. The minimum atomic E-state index is 0.201. The molecule has 6 nitrogen and oxygen atoms in total. The van der Waals surface area contributed by atoms with Gasteiger partial charge >= 0.3 is 0 Å². The molecule has 0 radical (unpaired) electrons. The van der Waals surface area contributed by atoms with E-state index in [4.69, 9.17) is 0 Å². The van der Waals surface area contributed by atoms with Gasteiger partial charge in [-0.3, -0.25) is 4.79 Å². The Morgan fingerprint density at radius 3 is 3.17 bits per heavy atom. The topological polar surface area (TPSA) is 63.9 Å². The number of hydrogen-bond donors (Lipinski definition) is 0. The van der Waals surface area contributed by atoms with Crippen LogP contribution in [0, 0.1) is 0 Å². The molecule has 1 atom stereocenters. The maximum atomic E-state index is 12.5. The zero-order valence-electron chi connectivity index (χ0n) is 13.2. The summed E-state index contributed by atoms with van der Waals surface area (Å²) >= 11 is 3.11. The molecule has 0 aromatic carbocycles. The number of nitrogens with zero attached hydrogens (tertiary/aromatic N) is 5. The van der Waals surface area contributed by atoms with E-state index >= 15 is 0 Å². The van der Waals surface area contributed by atoms with Gasteiger partial charge < -0.3 is 4.90 Å². The van der Waals surface area contributed by atoms with Gasteiger partial charge in [-0.1, -0.05) is 24.8 Å². The zero-order valence-corrected chi connectivity index (χ0v) is 14.9. The summed E-state index contributed by atoms with van der Waals surface area (Å²) in [6.45, 7) is 3.70. The number of hydrogen-bond acceptors (Lipinski definition) is 6. The van der Waals surface area contributed by atoms with Crippen molar-refractivity contribution < 1.29 is 4.79 Å². The first-order chi connectivity index (χ1) is 11.3. The summed E-state index contributed by atoms with van der Waals surface area (Å²) in [5.41, 5.74) is 0. The van der Waals surface area contributed by atoms with Crippen LogP contribution in [0.1, 0.15) is 37.5 Å². The van der Waals surface area contributed by atoms with Gasteiger partial charge in [0.25, 0.3) is 0 Å². The lowest BCUT2D eigenvalue weighted by Gasteiger charge is -2.35. The molecule has 1 saturated heterocycles. The van der Waals surface area contributed by atoms with Crippen LogP contribution in [-0.4, -0.2) is 49.4 Å². The fraction of sp³-hybridized carbons (Fsp3) is 0.600. The highest BCUT2D eigenvalue weighted by Gasteiger charge is 2.25. The smallest absolute Gasteiger partial charge is 0.233 e. The maximum absolute atomic E-state index is 12.5. The maximum Gasteiger partial charge on any atom is 0.233 e. The van der Waals surface area contributed by atoms with Crippen molar-refractivity contribution in [2.45, 2.75) is 50.4 Å². The van der Waals surface area contributed by atoms with Crippen LogP contribution in [0.4, 0.5) is 0 Å². The molecule has 1 fully saturated rings. The predicted molar refractivity (Wildman–Crippen MR) is 91.6 cm³/mol. The van der Waals surface area contributed by atoms with Crippen LogP contribution in [0.25, 0.3) is 0 Å². The van der Waals surface area contributed by atoms with Gasteiger partial charge in [-0.15, -0.1) is 16.4 Å². The molecule has 0 aliphatic carbocycles. The van der Waals surface area contributed by atoms with E-state index in [1.807, 2.05) is 16.3 Å². The van der Waals surface area contributed by atoms with E-state index < -0.39 is 0 Å². The molecule has 3 heterocycles. The third kappa shape index (κ3) is 4.11. The lowest BCUT2D eigenvalue weighted by Crippen LogP contribution is -2.44. The first-order valence-electron chi connectivity index (χ1n) is 7.98.